The predicted octanol–water partition coefficient (Wildman–Crippen LogP) is 3.47. The molecule has 0 fully saturated rings. The molecular formula is C14H14ClFN2. The molecule has 2 nitrogen and oxygen atoms in total. The number of benzene rings is 1. The summed E-state index contributed by atoms with van der Waals surface area (Å²) < 4.78 is 13.1. The molecule has 0 aliphatic rings. The van der Waals surface area contributed by atoms with Gasteiger partial charge in [0.1, 0.15) is 11.0 Å². The first-order valence-electron chi connectivity index (χ1n) is 5.71. The number of aryl methyl sites for hydroxylation is 1. The Kier molecular flexibility index (Phi) is 4.28. The maximum absolute atomic E-state index is 13.1. The van der Waals surface area contributed by atoms with E-state index in [0.29, 0.717) is 23.8 Å². The van der Waals surface area contributed by atoms with E-state index in [-0.39, 0.29) is 5.82 Å². The number of hydrogen-bond acceptors (Lipinski definition) is 2. The lowest BCUT2D eigenvalue weighted by Crippen LogP contribution is -2.13. The molecule has 1 N–H and O–H groups in total. The molecule has 0 unspecified atom stereocenters. The van der Waals surface area contributed by atoms with Gasteiger partial charge in [0.2, 0.25) is 0 Å². The van der Waals surface area contributed by atoms with Gasteiger partial charge in [-0.05, 0) is 35.7 Å². The molecule has 0 aliphatic heterocycles. The van der Waals surface area contributed by atoms with Gasteiger partial charge in [-0.15, -0.1) is 0 Å². The van der Waals surface area contributed by atoms with Gasteiger partial charge in [-0.3, -0.25) is 0 Å². The van der Waals surface area contributed by atoms with Gasteiger partial charge in [0.15, 0.2) is 0 Å². The lowest BCUT2D eigenvalue weighted by molar-refractivity contribution is 0.615. The fourth-order valence-corrected chi connectivity index (χ4v) is 1.79. The Labute approximate surface area is 111 Å². The second-order valence-electron chi connectivity index (χ2n) is 4.18. The smallest absolute Gasteiger partial charge is 0.129 e. The Bertz CT molecular complexity index is 526. The highest BCUT2D eigenvalue weighted by Crippen LogP contribution is 2.09. The zero-order valence-corrected chi connectivity index (χ0v) is 10.8. The maximum atomic E-state index is 13.1. The van der Waals surface area contributed by atoms with Crippen molar-refractivity contribution < 1.29 is 4.39 Å². The van der Waals surface area contributed by atoms with Crippen LogP contribution in [0.25, 0.3) is 0 Å². The van der Waals surface area contributed by atoms with Gasteiger partial charge in [0.05, 0.1) is 0 Å². The number of rotatable bonds is 4. The molecule has 0 saturated heterocycles. The van der Waals surface area contributed by atoms with Crippen molar-refractivity contribution in [3.63, 3.8) is 0 Å². The summed E-state index contributed by atoms with van der Waals surface area (Å²) in [7, 11) is 0. The van der Waals surface area contributed by atoms with E-state index in [4.69, 9.17) is 11.6 Å². The number of hydrogen-bond donors (Lipinski definition) is 1. The highest BCUT2D eigenvalue weighted by atomic mass is 35.5. The fraction of sp³-hybridized carbons (Fsp3) is 0.214. The molecule has 0 amide bonds. The van der Waals surface area contributed by atoms with Crippen LogP contribution in [0.1, 0.15) is 16.7 Å². The Morgan fingerprint density at radius 2 is 1.89 bits per heavy atom. The minimum Gasteiger partial charge on any atom is -0.309 e. The zero-order chi connectivity index (χ0) is 13.0. The molecule has 1 heterocycles. The number of nitrogens with zero attached hydrogens (tertiary/aromatic N) is 1. The normalized spacial score (nSPS) is 10.6. The van der Waals surface area contributed by atoms with Crippen LogP contribution in [0, 0.1) is 12.7 Å². The van der Waals surface area contributed by atoms with Gasteiger partial charge < -0.3 is 5.32 Å². The van der Waals surface area contributed by atoms with Crippen molar-refractivity contribution in [3.8, 4) is 0 Å². The standard InChI is InChI=1S/C14H14ClFN2/c1-10-6-11(2-4-13(10)16)7-17-8-12-3-5-14(15)18-9-12/h2-6,9,17H,7-8H2,1H3. The van der Waals surface area contributed by atoms with Gasteiger partial charge in [-0.2, -0.15) is 0 Å². The molecule has 1 aromatic carbocycles. The van der Waals surface area contributed by atoms with Crippen LogP contribution in [0.3, 0.4) is 0 Å². The summed E-state index contributed by atoms with van der Waals surface area (Å²) in [6.45, 7) is 3.17. The molecule has 0 bridgehead atoms. The Balaban J connectivity index is 1.88. The molecule has 18 heavy (non-hydrogen) atoms. The topological polar surface area (TPSA) is 24.9 Å². The molecule has 0 saturated carbocycles. The lowest BCUT2D eigenvalue weighted by atomic mass is 10.1. The first-order chi connectivity index (χ1) is 8.65. The van der Waals surface area contributed by atoms with E-state index in [1.807, 2.05) is 12.1 Å². The van der Waals surface area contributed by atoms with Crippen LogP contribution in [-0.4, -0.2) is 4.98 Å². The summed E-state index contributed by atoms with van der Waals surface area (Å²) in [5.41, 5.74) is 2.80. The van der Waals surface area contributed by atoms with Crippen molar-refractivity contribution in [2.45, 2.75) is 20.0 Å². The fourth-order valence-electron chi connectivity index (χ4n) is 1.68. The highest BCUT2D eigenvalue weighted by molar-refractivity contribution is 6.29. The van der Waals surface area contributed by atoms with E-state index in [1.165, 1.54) is 6.07 Å². The molecule has 0 aliphatic carbocycles. The average molecular weight is 265 g/mol. The van der Waals surface area contributed by atoms with Crippen LogP contribution in [0.2, 0.25) is 5.15 Å². The number of halogens is 2. The Morgan fingerprint density at radius 3 is 2.56 bits per heavy atom. The van der Waals surface area contributed by atoms with Crippen LogP contribution in [0.5, 0.6) is 0 Å². The first kappa shape index (κ1) is 13.0. The van der Waals surface area contributed by atoms with Gasteiger partial charge in [-0.25, -0.2) is 9.37 Å². The number of pyridine rings is 1. The molecule has 0 spiro atoms. The van der Waals surface area contributed by atoms with E-state index in [1.54, 1.807) is 25.3 Å². The van der Waals surface area contributed by atoms with Gasteiger partial charge >= 0.3 is 0 Å². The largest absolute Gasteiger partial charge is 0.309 e. The molecule has 0 radical (unpaired) electrons. The van der Waals surface area contributed by atoms with Crippen LogP contribution >= 0.6 is 11.6 Å². The predicted molar refractivity (Wildman–Crippen MR) is 70.9 cm³/mol. The summed E-state index contributed by atoms with van der Waals surface area (Å²) in [5, 5.41) is 3.77. The van der Waals surface area contributed by atoms with E-state index < -0.39 is 0 Å². The van der Waals surface area contributed by atoms with Gasteiger partial charge in [0.25, 0.3) is 0 Å². The average Bonchev–Trinajstić information content (AvgIpc) is 2.36. The van der Waals surface area contributed by atoms with Crippen LogP contribution in [-0.2, 0) is 13.1 Å². The molecule has 4 heteroatoms. The third kappa shape index (κ3) is 3.52. The molecule has 2 rings (SSSR count). The first-order valence-corrected chi connectivity index (χ1v) is 6.09. The van der Waals surface area contributed by atoms with E-state index in [0.717, 1.165) is 11.1 Å². The minimum atomic E-state index is -0.166. The van der Waals surface area contributed by atoms with Gasteiger partial charge in [0, 0.05) is 19.3 Å². The number of nitrogens with one attached hydrogen (secondary N) is 1. The minimum absolute atomic E-state index is 0.166. The van der Waals surface area contributed by atoms with Crippen molar-refractivity contribution in [1.29, 1.82) is 0 Å². The molecule has 0 atom stereocenters. The summed E-state index contributed by atoms with van der Waals surface area (Å²) in [6.07, 6.45) is 1.74. The lowest BCUT2D eigenvalue weighted by Gasteiger charge is -2.06. The van der Waals surface area contributed by atoms with Crippen LogP contribution in [0.4, 0.5) is 4.39 Å². The van der Waals surface area contributed by atoms with E-state index in [2.05, 4.69) is 10.3 Å². The van der Waals surface area contributed by atoms with Crippen molar-refractivity contribution in [2.75, 3.05) is 0 Å². The summed E-state index contributed by atoms with van der Waals surface area (Å²) in [6, 6.07) is 8.83. The van der Waals surface area contributed by atoms with Crippen molar-refractivity contribution in [2.24, 2.45) is 0 Å². The van der Waals surface area contributed by atoms with Crippen molar-refractivity contribution in [1.82, 2.24) is 10.3 Å². The summed E-state index contributed by atoms with van der Waals surface area (Å²) in [5.74, 6) is -0.166. The highest BCUT2D eigenvalue weighted by Gasteiger charge is 1.99. The quantitative estimate of drug-likeness (QED) is 0.856. The Hall–Kier alpha value is -1.45. The van der Waals surface area contributed by atoms with E-state index >= 15 is 0 Å². The molecule has 94 valence electrons. The van der Waals surface area contributed by atoms with Crippen LogP contribution < -0.4 is 5.32 Å². The van der Waals surface area contributed by atoms with Crippen LogP contribution in [0.15, 0.2) is 36.5 Å². The molecular weight excluding hydrogens is 251 g/mol. The second-order valence-corrected chi connectivity index (χ2v) is 4.56. The molecule has 1 aromatic heterocycles. The number of aromatic nitrogens is 1. The second kappa shape index (κ2) is 5.94. The zero-order valence-electron chi connectivity index (χ0n) is 10.1. The SMILES string of the molecule is Cc1cc(CNCc2ccc(Cl)nc2)ccc1F. The maximum Gasteiger partial charge on any atom is 0.129 e. The third-order valence-electron chi connectivity index (χ3n) is 2.67. The van der Waals surface area contributed by atoms with Crippen molar-refractivity contribution in [3.05, 3.63) is 64.2 Å². The van der Waals surface area contributed by atoms with Crippen molar-refractivity contribution >= 4 is 11.6 Å². The Morgan fingerprint density at radius 1 is 1.17 bits per heavy atom. The molecule has 2 aromatic rings. The summed E-state index contributed by atoms with van der Waals surface area (Å²) >= 11 is 5.71. The van der Waals surface area contributed by atoms with Gasteiger partial charge in [-0.1, -0.05) is 29.8 Å². The van der Waals surface area contributed by atoms with E-state index in [9.17, 15) is 4.39 Å². The summed E-state index contributed by atoms with van der Waals surface area (Å²) in [4.78, 5) is 4.01. The third-order valence-corrected chi connectivity index (χ3v) is 2.89. The monoisotopic (exact) mass is 264 g/mol.